The SMILES string of the molecule is COc1ccc(C(=O)N2CCC(c3nc4c(nnn4Cc4cc(C)ccc4C)c(=O)[nH]3)CC2)cc1. The van der Waals surface area contributed by atoms with Crippen molar-refractivity contribution in [2.45, 2.75) is 39.2 Å². The van der Waals surface area contributed by atoms with Gasteiger partial charge < -0.3 is 14.6 Å². The van der Waals surface area contributed by atoms with Crippen LogP contribution in [0.2, 0.25) is 0 Å². The summed E-state index contributed by atoms with van der Waals surface area (Å²) in [6.07, 6.45) is 1.43. The molecule has 1 N–H and O–H groups in total. The lowest BCUT2D eigenvalue weighted by molar-refractivity contribution is 0.0711. The maximum absolute atomic E-state index is 12.9. The quantitative estimate of drug-likeness (QED) is 0.478. The Morgan fingerprint density at radius 1 is 1.11 bits per heavy atom. The number of amides is 1. The Labute approximate surface area is 202 Å². The fraction of sp³-hybridized carbons (Fsp3) is 0.346. The van der Waals surface area contributed by atoms with Gasteiger partial charge in [-0.15, -0.1) is 5.10 Å². The molecule has 0 spiro atoms. The molecule has 0 bridgehead atoms. The highest BCUT2D eigenvalue weighted by Gasteiger charge is 2.27. The third-order valence-corrected chi connectivity index (χ3v) is 6.72. The lowest BCUT2D eigenvalue weighted by atomic mass is 9.95. The Balaban J connectivity index is 1.34. The zero-order valence-electron chi connectivity index (χ0n) is 20.1. The number of aromatic amines is 1. The van der Waals surface area contributed by atoms with Crippen molar-refractivity contribution >= 4 is 17.1 Å². The van der Waals surface area contributed by atoms with Crippen LogP contribution in [0.25, 0.3) is 11.2 Å². The van der Waals surface area contributed by atoms with Gasteiger partial charge in [-0.3, -0.25) is 9.59 Å². The van der Waals surface area contributed by atoms with Gasteiger partial charge in [-0.2, -0.15) is 0 Å². The van der Waals surface area contributed by atoms with Crippen LogP contribution >= 0.6 is 0 Å². The molecule has 0 saturated carbocycles. The highest BCUT2D eigenvalue weighted by molar-refractivity contribution is 5.94. The summed E-state index contributed by atoms with van der Waals surface area (Å²) in [5.41, 5.74) is 4.52. The van der Waals surface area contributed by atoms with E-state index in [0.717, 1.165) is 35.3 Å². The Morgan fingerprint density at radius 3 is 2.57 bits per heavy atom. The molecule has 2 aromatic heterocycles. The van der Waals surface area contributed by atoms with E-state index in [-0.39, 0.29) is 22.9 Å². The van der Waals surface area contributed by atoms with E-state index in [1.807, 2.05) is 4.90 Å². The number of carbonyl (C=O) groups excluding carboxylic acids is 1. The van der Waals surface area contributed by atoms with E-state index < -0.39 is 0 Å². The summed E-state index contributed by atoms with van der Waals surface area (Å²) in [7, 11) is 1.60. The minimum Gasteiger partial charge on any atom is -0.497 e. The standard InChI is InChI=1S/C26H28N6O3/c1-16-4-5-17(2)20(14-16)15-32-24-22(29-30-32)25(33)28-23(27-24)18-10-12-31(13-11-18)26(34)19-6-8-21(35-3)9-7-19/h4-9,14,18H,10-13,15H2,1-3H3,(H,27,28,33). The Kier molecular flexibility index (Phi) is 6.07. The van der Waals surface area contributed by atoms with Crippen molar-refractivity contribution in [3.8, 4) is 5.75 Å². The molecule has 35 heavy (non-hydrogen) atoms. The van der Waals surface area contributed by atoms with Crippen LogP contribution in [0.1, 0.15) is 51.6 Å². The summed E-state index contributed by atoms with van der Waals surface area (Å²) < 4.78 is 6.87. The highest BCUT2D eigenvalue weighted by Crippen LogP contribution is 2.27. The monoisotopic (exact) mass is 472 g/mol. The van der Waals surface area contributed by atoms with Gasteiger partial charge in [0.2, 0.25) is 0 Å². The van der Waals surface area contributed by atoms with Gasteiger partial charge in [0.25, 0.3) is 11.5 Å². The van der Waals surface area contributed by atoms with Crippen LogP contribution in [0.3, 0.4) is 0 Å². The molecule has 9 nitrogen and oxygen atoms in total. The second-order valence-electron chi connectivity index (χ2n) is 9.10. The molecule has 2 aromatic carbocycles. The molecule has 4 aromatic rings. The number of aromatic nitrogens is 5. The summed E-state index contributed by atoms with van der Waals surface area (Å²) >= 11 is 0. The van der Waals surface area contributed by atoms with Gasteiger partial charge in [-0.25, -0.2) is 9.67 Å². The molecule has 1 saturated heterocycles. The second-order valence-corrected chi connectivity index (χ2v) is 9.10. The Hall–Kier alpha value is -4.01. The van der Waals surface area contributed by atoms with Gasteiger partial charge in [0, 0.05) is 24.6 Å². The van der Waals surface area contributed by atoms with Crippen LogP contribution in [-0.4, -0.2) is 56.0 Å². The van der Waals surface area contributed by atoms with Crippen molar-refractivity contribution in [3.05, 3.63) is 80.9 Å². The number of nitrogens with zero attached hydrogens (tertiary/aromatic N) is 5. The first-order valence-electron chi connectivity index (χ1n) is 11.8. The van der Waals surface area contributed by atoms with Crippen LogP contribution in [0.4, 0.5) is 0 Å². The summed E-state index contributed by atoms with van der Waals surface area (Å²) in [4.78, 5) is 35.2. The smallest absolute Gasteiger partial charge is 0.281 e. The maximum Gasteiger partial charge on any atom is 0.281 e. The van der Waals surface area contributed by atoms with Crippen molar-refractivity contribution in [2.75, 3.05) is 20.2 Å². The summed E-state index contributed by atoms with van der Waals surface area (Å²) in [6, 6.07) is 13.4. The topological polar surface area (TPSA) is 106 Å². The first-order valence-corrected chi connectivity index (χ1v) is 11.8. The van der Waals surface area contributed by atoms with E-state index >= 15 is 0 Å². The number of carbonyl (C=O) groups is 1. The van der Waals surface area contributed by atoms with E-state index in [4.69, 9.17) is 9.72 Å². The lowest BCUT2D eigenvalue weighted by Gasteiger charge is -2.31. The van der Waals surface area contributed by atoms with Crippen molar-refractivity contribution in [2.24, 2.45) is 0 Å². The van der Waals surface area contributed by atoms with Gasteiger partial charge >= 0.3 is 0 Å². The molecule has 180 valence electrons. The third kappa shape index (κ3) is 4.53. The first-order chi connectivity index (χ1) is 16.9. The molecule has 9 heteroatoms. The van der Waals surface area contributed by atoms with Crippen molar-refractivity contribution in [3.63, 3.8) is 0 Å². The first kappa shape index (κ1) is 22.8. The molecule has 0 aliphatic carbocycles. The number of fused-ring (bicyclic) bond motifs is 1. The second kappa shape index (κ2) is 9.32. The normalized spacial score (nSPS) is 14.4. The molecular weight excluding hydrogens is 444 g/mol. The van der Waals surface area contributed by atoms with Gasteiger partial charge in [0.05, 0.1) is 13.7 Å². The minimum atomic E-state index is -0.283. The maximum atomic E-state index is 12.9. The van der Waals surface area contributed by atoms with Crippen molar-refractivity contribution < 1.29 is 9.53 Å². The number of hydrogen-bond donors (Lipinski definition) is 1. The van der Waals surface area contributed by atoms with Gasteiger partial charge in [-0.1, -0.05) is 29.0 Å². The number of likely N-dealkylation sites (tertiary alicyclic amines) is 1. The fourth-order valence-corrected chi connectivity index (χ4v) is 4.59. The number of ether oxygens (including phenoxy) is 1. The number of methoxy groups -OCH3 is 1. The van der Waals surface area contributed by atoms with Gasteiger partial charge in [-0.05, 0) is 62.1 Å². The minimum absolute atomic E-state index is 0.00110. The molecular formula is C26H28N6O3. The van der Waals surface area contributed by atoms with Crippen LogP contribution in [-0.2, 0) is 6.54 Å². The third-order valence-electron chi connectivity index (χ3n) is 6.72. The molecule has 0 atom stereocenters. The van der Waals surface area contributed by atoms with Crippen LogP contribution in [0, 0.1) is 13.8 Å². The molecule has 1 fully saturated rings. The average Bonchev–Trinajstić information content (AvgIpc) is 3.29. The lowest BCUT2D eigenvalue weighted by Crippen LogP contribution is -2.38. The van der Waals surface area contributed by atoms with E-state index in [0.29, 0.717) is 36.7 Å². The summed E-state index contributed by atoms with van der Waals surface area (Å²) in [5, 5.41) is 8.29. The molecule has 0 radical (unpaired) electrons. The van der Waals surface area contributed by atoms with E-state index in [1.54, 1.807) is 36.1 Å². The number of benzene rings is 2. The zero-order chi connectivity index (χ0) is 24.5. The number of piperidine rings is 1. The molecule has 0 unspecified atom stereocenters. The van der Waals surface area contributed by atoms with Crippen molar-refractivity contribution in [1.82, 2.24) is 29.9 Å². The number of H-pyrrole nitrogens is 1. The predicted octanol–water partition coefficient (Wildman–Crippen LogP) is 3.21. The summed E-state index contributed by atoms with van der Waals surface area (Å²) in [6.45, 7) is 5.79. The van der Waals surface area contributed by atoms with Crippen LogP contribution < -0.4 is 10.3 Å². The Bertz CT molecular complexity index is 1430. The molecule has 5 rings (SSSR count). The number of aryl methyl sites for hydroxylation is 2. The van der Waals surface area contributed by atoms with E-state index in [9.17, 15) is 9.59 Å². The molecule has 1 aliphatic heterocycles. The zero-order valence-corrected chi connectivity index (χ0v) is 20.1. The van der Waals surface area contributed by atoms with Crippen LogP contribution in [0.15, 0.2) is 47.3 Å². The molecule has 3 heterocycles. The fourth-order valence-electron chi connectivity index (χ4n) is 4.59. The Morgan fingerprint density at radius 2 is 1.86 bits per heavy atom. The largest absolute Gasteiger partial charge is 0.497 e. The van der Waals surface area contributed by atoms with Crippen molar-refractivity contribution in [1.29, 1.82) is 0 Å². The highest BCUT2D eigenvalue weighted by atomic mass is 16.5. The van der Waals surface area contributed by atoms with Gasteiger partial charge in [0.15, 0.2) is 11.2 Å². The predicted molar refractivity (Wildman–Crippen MR) is 132 cm³/mol. The number of nitrogens with one attached hydrogen (secondary N) is 1. The number of rotatable bonds is 5. The van der Waals surface area contributed by atoms with E-state index in [1.165, 1.54) is 0 Å². The van der Waals surface area contributed by atoms with E-state index in [2.05, 4.69) is 47.3 Å². The molecule has 1 aliphatic rings. The number of hydrogen-bond acceptors (Lipinski definition) is 6. The molecule has 1 amide bonds. The average molecular weight is 473 g/mol. The summed E-state index contributed by atoms with van der Waals surface area (Å²) in [5.74, 6) is 1.40. The van der Waals surface area contributed by atoms with Crippen LogP contribution in [0.5, 0.6) is 5.75 Å². The van der Waals surface area contributed by atoms with Gasteiger partial charge in [0.1, 0.15) is 11.6 Å².